The Bertz CT molecular complexity index is 1390. The molecule has 1 aliphatic rings. The van der Waals surface area contributed by atoms with Gasteiger partial charge in [-0.05, 0) is 36.4 Å². The topological polar surface area (TPSA) is 182 Å². The van der Waals surface area contributed by atoms with Crippen molar-refractivity contribution < 1.29 is 46.3 Å². The van der Waals surface area contributed by atoms with Gasteiger partial charge in [0.25, 0.3) is 27.9 Å². The van der Waals surface area contributed by atoms with Gasteiger partial charge >= 0.3 is 0 Å². The summed E-state index contributed by atoms with van der Waals surface area (Å²) in [5.41, 5.74) is -0.306. The third-order valence-corrected chi connectivity index (χ3v) is 5.87. The Morgan fingerprint density at radius 2 is 1.66 bits per heavy atom. The molecular weight excluding hydrogens is 508 g/mol. The number of anilines is 2. The Kier molecular flexibility index (Phi) is 6.83. The SMILES string of the molecule is COc1ccc(/C=C2/C(=O)N(c3ccc(SOOO)cn3)N(c3ccc(S(=O)(=O)O)cn3)C2=O)o1. The van der Waals surface area contributed by atoms with Gasteiger partial charge in [-0.1, -0.05) is 5.04 Å². The highest BCUT2D eigenvalue weighted by Gasteiger charge is 2.44. The van der Waals surface area contributed by atoms with Gasteiger partial charge in [0.05, 0.1) is 30.2 Å². The molecule has 16 heteroatoms. The van der Waals surface area contributed by atoms with E-state index >= 15 is 0 Å². The molecule has 3 aromatic heterocycles. The lowest BCUT2D eigenvalue weighted by molar-refractivity contribution is -0.432. The number of rotatable bonds is 8. The normalized spacial score (nSPS) is 15.3. The fourth-order valence-electron chi connectivity index (χ4n) is 2.95. The first-order chi connectivity index (χ1) is 16.7. The number of methoxy groups -OCH3 is 1. The van der Waals surface area contributed by atoms with Crippen molar-refractivity contribution in [1.29, 1.82) is 0 Å². The predicted molar refractivity (Wildman–Crippen MR) is 117 cm³/mol. The molecule has 1 saturated heterocycles. The molecule has 0 atom stereocenters. The number of hydrogen-bond acceptors (Lipinski definition) is 12. The number of aromatic nitrogens is 2. The zero-order valence-corrected chi connectivity index (χ0v) is 19.1. The number of carbonyl (C=O) groups excluding carboxylic acids is 2. The minimum atomic E-state index is -4.53. The maximum atomic E-state index is 13.3. The minimum Gasteiger partial charge on any atom is -0.468 e. The van der Waals surface area contributed by atoms with Crippen molar-refractivity contribution in [3.8, 4) is 5.95 Å². The van der Waals surface area contributed by atoms with Crippen molar-refractivity contribution in [2.45, 2.75) is 9.79 Å². The highest BCUT2D eigenvalue weighted by atomic mass is 32.2. The first-order valence-electron chi connectivity index (χ1n) is 9.31. The zero-order chi connectivity index (χ0) is 25.2. The third kappa shape index (κ3) is 5.02. The average Bonchev–Trinajstić information content (AvgIpc) is 3.40. The van der Waals surface area contributed by atoms with Crippen molar-refractivity contribution in [2.75, 3.05) is 17.1 Å². The molecule has 1 aliphatic heterocycles. The quantitative estimate of drug-likeness (QED) is 0.110. The average molecular weight is 522 g/mol. The summed E-state index contributed by atoms with van der Waals surface area (Å²) in [7, 11) is -3.15. The Morgan fingerprint density at radius 3 is 2.14 bits per heavy atom. The van der Waals surface area contributed by atoms with E-state index in [0.717, 1.165) is 28.3 Å². The molecule has 4 rings (SSSR count). The van der Waals surface area contributed by atoms with E-state index in [4.69, 9.17) is 14.4 Å². The molecule has 2 N–H and O–H groups in total. The molecular formula is C19H14N4O10S2. The van der Waals surface area contributed by atoms with Crippen molar-refractivity contribution >= 4 is 51.7 Å². The molecule has 0 aliphatic carbocycles. The Labute approximate surface area is 201 Å². The van der Waals surface area contributed by atoms with Crippen LogP contribution >= 0.6 is 12.0 Å². The van der Waals surface area contributed by atoms with Crippen LogP contribution in [0.3, 0.4) is 0 Å². The molecule has 35 heavy (non-hydrogen) atoms. The van der Waals surface area contributed by atoms with E-state index in [-0.39, 0.29) is 28.9 Å². The number of amides is 2. The molecule has 0 bridgehead atoms. The van der Waals surface area contributed by atoms with Gasteiger partial charge < -0.3 is 9.15 Å². The maximum Gasteiger partial charge on any atom is 0.296 e. The van der Waals surface area contributed by atoms with E-state index in [0.29, 0.717) is 16.9 Å². The molecule has 0 unspecified atom stereocenters. The molecule has 182 valence electrons. The summed E-state index contributed by atoms with van der Waals surface area (Å²) in [5.74, 6) is -1.40. The fraction of sp³-hybridized carbons (Fsp3) is 0.0526. The Morgan fingerprint density at radius 1 is 1.00 bits per heavy atom. The third-order valence-electron chi connectivity index (χ3n) is 4.47. The maximum absolute atomic E-state index is 13.3. The number of carbonyl (C=O) groups is 2. The molecule has 3 aromatic rings. The van der Waals surface area contributed by atoms with Crippen LogP contribution in [0.2, 0.25) is 0 Å². The first kappa shape index (κ1) is 24.3. The van der Waals surface area contributed by atoms with Crippen LogP contribution in [0.5, 0.6) is 5.95 Å². The molecule has 0 spiro atoms. The summed E-state index contributed by atoms with van der Waals surface area (Å²) in [6, 6.07) is 8.00. The van der Waals surface area contributed by atoms with Crippen molar-refractivity contribution in [3.05, 3.63) is 60.1 Å². The summed E-state index contributed by atoms with van der Waals surface area (Å²) < 4.78 is 46.5. The van der Waals surface area contributed by atoms with Crippen LogP contribution in [0.4, 0.5) is 11.6 Å². The molecule has 4 heterocycles. The van der Waals surface area contributed by atoms with Crippen molar-refractivity contribution in [3.63, 3.8) is 0 Å². The van der Waals surface area contributed by atoms with E-state index in [1.807, 2.05) is 0 Å². The van der Waals surface area contributed by atoms with Gasteiger partial charge in [-0.2, -0.15) is 18.4 Å². The van der Waals surface area contributed by atoms with Crippen LogP contribution in [0.15, 0.2) is 68.6 Å². The number of hydrogen-bond donors (Lipinski definition) is 2. The smallest absolute Gasteiger partial charge is 0.296 e. The number of hydrazine groups is 1. The van der Waals surface area contributed by atoms with Crippen LogP contribution in [0.25, 0.3) is 6.08 Å². The lowest BCUT2D eigenvalue weighted by Crippen LogP contribution is -2.42. The highest BCUT2D eigenvalue weighted by Crippen LogP contribution is 2.32. The monoisotopic (exact) mass is 522 g/mol. The van der Waals surface area contributed by atoms with Gasteiger partial charge in [0.1, 0.15) is 16.2 Å². The van der Waals surface area contributed by atoms with Gasteiger partial charge in [0.15, 0.2) is 11.6 Å². The molecule has 2 amide bonds. The van der Waals surface area contributed by atoms with Gasteiger partial charge in [-0.25, -0.2) is 15.2 Å². The number of furan rings is 1. The summed E-state index contributed by atoms with van der Waals surface area (Å²) >= 11 is 0.634. The fourth-order valence-corrected chi connectivity index (χ4v) is 3.71. The first-order valence-corrected chi connectivity index (χ1v) is 11.5. The van der Waals surface area contributed by atoms with Crippen LogP contribution in [0.1, 0.15) is 5.76 Å². The summed E-state index contributed by atoms with van der Waals surface area (Å²) in [4.78, 5) is 34.5. The Hall–Kier alpha value is -3.80. The summed E-state index contributed by atoms with van der Waals surface area (Å²) in [6.07, 6.45) is 3.32. The van der Waals surface area contributed by atoms with Crippen molar-refractivity contribution in [1.82, 2.24) is 9.97 Å². The standard InChI is InChI=1S/C19H14N4O10S2/c1-30-17-7-2-11(31-17)8-14-18(24)22(15-5-3-12(9-20-15)34-33-32-26)23(19(14)25)16-6-4-13(10-21-16)35(27,28)29/h2-10,26H,1H3,(H,27,28,29)/b14-8-. The van der Waals surface area contributed by atoms with E-state index < -0.39 is 26.8 Å². The zero-order valence-electron chi connectivity index (χ0n) is 17.5. The highest BCUT2D eigenvalue weighted by molar-refractivity contribution is 7.94. The van der Waals surface area contributed by atoms with Crippen LogP contribution < -0.4 is 14.8 Å². The summed E-state index contributed by atoms with van der Waals surface area (Å²) in [6.45, 7) is 0. The largest absolute Gasteiger partial charge is 0.468 e. The van der Waals surface area contributed by atoms with Crippen molar-refractivity contribution in [2.24, 2.45) is 0 Å². The second-order valence-electron chi connectivity index (χ2n) is 6.56. The second-order valence-corrected chi connectivity index (χ2v) is 8.75. The number of ether oxygens (including phenoxy) is 1. The van der Waals surface area contributed by atoms with E-state index in [2.05, 4.69) is 19.3 Å². The predicted octanol–water partition coefficient (Wildman–Crippen LogP) is 2.13. The van der Waals surface area contributed by atoms with E-state index in [1.54, 1.807) is 0 Å². The Balaban J connectivity index is 1.77. The van der Waals surface area contributed by atoms with Gasteiger partial charge in [-0.15, -0.1) is 4.33 Å². The van der Waals surface area contributed by atoms with Gasteiger partial charge in [0, 0.05) is 12.3 Å². The van der Waals surface area contributed by atoms with E-state index in [1.165, 1.54) is 43.6 Å². The number of pyridine rings is 2. The van der Waals surface area contributed by atoms with Crippen LogP contribution in [-0.2, 0) is 29.1 Å². The van der Waals surface area contributed by atoms with Gasteiger partial charge in [0.2, 0.25) is 0 Å². The number of nitrogens with zero attached hydrogens (tertiary/aromatic N) is 4. The minimum absolute atomic E-state index is 0.00121. The lowest BCUT2D eigenvalue weighted by atomic mass is 10.2. The summed E-state index contributed by atoms with van der Waals surface area (Å²) in [5, 5.41) is 13.6. The molecule has 1 fully saturated rings. The van der Waals surface area contributed by atoms with Crippen LogP contribution in [0, 0.1) is 0 Å². The molecule has 0 aromatic carbocycles. The molecule has 0 radical (unpaired) electrons. The molecule has 14 nitrogen and oxygen atoms in total. The van der Waals surface area contributed by atoms with Crippen LogP contribution in [-0.4, -0.2) is 47.1 Å². The second kappa shape index (κ2) is 9.82. The van der Waals surface area contributed by atoms with Gasteiger partial charge in [-0.3, -0.25) is 14.1 Å². The molecule has 0 saturated carbocycles. The lowest BCUT2D eigenvalue weighted by Gasteiger charge is -2.25. The van der Waals surface area contributed by atoms with E-state index in [9.17, 15) is 22.6 Å².